The minimum Gasteiger partial charge on any atom is -0.348 e. The Morgan fingerprint density at radius 2 is 1.45 bits per heavy atom. The van der Waals surface area contributed by atoms with Gasteiger partial charge in [0.25, 0.3) is 0 Å². The number of nitrogens with zero attached hydrogens (tertiary/aromatic N) is 1. The third-order valence-electron chi connectivity index (χ3n) is 4.99. The summed E-state index contributed by atoms with van der Waals surface area (Å²) in [5, 5.41) is 6.05. The lowest BCUT2D eigenvalue weighted by Gasteiger charge is -2.21. The van der Waals surface area contributed by atoms with Gasteiger partial charge in [-0.25, -0.2) is 0 Å². The third kappa shape index (κ3) is 6.71. The highest BCUT2D eigenvalue weighted by molar-refractivity contribution is 5.94. The van der Waals surface area contributed by atoms with Crippen LogP contribution < -0.4 is 10.6 Å². The highest BCUT2D eigenvalue weighted by Gasteiger charge is 2.16. The number of aryl methyl sites for hydroxylation is 4. The van der Waals surface area contributed by atoms with Crippen LogP contribution in [0.15, 0.2) is 36.4 Å². The summed E-state index contributed by atoms with van der Waals surface area (Å²) in [7, 11) is 1.78. The van der Waals surface area contributed by atoms with Crippen LogP contribution in [0.2, 0.25) is 0 Å². The van der Waals surface area contributed by atoms with Crippen molar-refractivity contribution in [3.63, 3.8) is 0 Å². The predicted octanol–water partition coefficient (Wildman–Crippen LogP) is 4.06. The second kappa shape index (κ2) is 10.2. The van der Waals surface area contributed by atoms with Gasteiger partial charge in [-0.1, -0.05) is 54.4 Å². The molecule has 2 aromatic rings. The number of hydrogen-bond donors (Lipinski definition) is 2. The summed E-state index contributed by atoms with van der Waals surface area (Å²) in [6.45, 7) is 10.4. The van der Waals surface area contributed by atoms with Gasteiger partial charge in [-0.05, 0) is 57.9 Å². The Hall–Kier alpha value is -2.66. The number of carbonyl (C=O) groups excluding carboxylic acids is 2. The SMILES string of the molecule is CC[C@@H](NC(=O)CN(C)CC(=O)Nc1c(C)cc(C)cc1C)c1ccc(C)cc1. The van der Waals surface area contributed by atoms with E-state index in [0.29, 0.717) is 0 Å². The molecule has 1 atom stereocenters. The molecule has 2 amide bonds. The van der Waals surface area contributed by atoms with Crippen LogP contribution in [0.1, 0.15) is 47.2 Å². The van der Waals surface area contributed by atoms with Crippen molar-refractivity contribution in [1.82, 2.24) is 10.2 Å². The van der Waals surface area contributed by atoms with Crippen molar-refractivity contribution in [3.8, 4) is 0 Å². The molecule has 156 valence electrons. The molecule has 0 aliphatic rings. The van der Waals surface area contributed by atoms with Gasteiger partial charge in [0.2, 0.25) is 11.8 Å². The zero-order valence-electron chi connectivity index (χ0n) is 18.4. The quantitative estimate of drug-likeness (QED) is 0.709. The van der Waals surface area contributed by atoms with E-state index in [9.17, 15) is 9.59 Å². The first-order valence-corrected chi connectivity index (χ1v) is 10.1. The van der Waals surface area contributed by atoms with Crippen molar-refractivity contribution in [2.24, 2.45) is 0 Å². The maximum absolute atomic E-state index is 12.5. The summed E-state index contributed by atoms with van der Waals surface area (Å²) in [5.74, 6) is -0.212. The summed E-state index contributed by atoms with van der Waals surface area (Å²) in [6.07, 6.45) is 0.810. The van der Waals surface area contributed by atoms with E-state index in [1.807, 2.05) is 46.8 Å². The Morgan fingerprint density at radius 1 is 0.897 bits per heavy atom. The Bertz CT molecular complexity index is 836. The topological polar surface area (TPSA) is 61.4 Å². The average Bonchev–Trinajstić information content (AvgIpc) is 2.63. The minimum absolute atomic E-state index is 0.0248. The molecular formula is C24H33N3O2. The molecule has 0 saturated carbocycles. The van der Waals surface area contributed by atoms with E-state index in [-0.39, 0.29) is 30.9 Å². The van der Waals surface area contributed by atoms with Gasteiger partial charge in [-0.3, -0.25) is 14.5 Å². The largest absolute Gasteiger partial charge is 0.348 e. The lowest BCUT2D eigenvalue weighted by molar-refractivity contribution is -0.123. The molecule has 0 aromatic heterocycles. The minimum atomic E-state index is -0.124. The smallest absolute Gasteiger partial charge is 0.238 e. The van der Waals surface area contributed by atoms with Gasteiger partial charge < -0.3 is 10.6 Å². The van der Waals surface area contributed by atoms with Gasteiger partial charge in [0.1, 0.15) is 0 Å². The van der Waals surface area contributed by atoms with Crippen LogP contribution in [0.25, 0.3) is 0 Å². The van der Waals surface area contributed by atoms with Gasteiger partial charge in [0.05, 0.1) is 19.1 Å². The van der Waals surface area contributed by atoms with E-state index in [0.717, 1.165) is 28.8 Å². The molecule has 0 spiro atoms. The highest BCUT2D eigenvalue weighted by Crippen LogP contribution is 2.22. The van der Waals surface area contributed by atoms with E-state index in [1.54, 1.807) is 11.9 Å². The van der Waals surface area contributed by atoms with Gasteiger partial charge in [0, 0.05) is 5.69 Å². The number of carbonyl (C=O) groups is 2. The molecule has 2 N–H and O–H groups in total. The Balaban J connectivity index is 1.89. The molecule has 0 unspecified atom stereocenters. The lowest BCUT2D eigenvalue weighted by Crippen LogP contribution is -2.40. The monoisotopic (exact) mass is 395 g/mol. The predicted molar refractivity (Wildman–Crippen MR) is 119 cm³/mol. The van der Waals surface area contributed by atoms with Crippen molar-refractivity contribution in [3.05, 3.63) is 64.2 Å². The average molecular weight is 396 g/mol. The van der Waals surface area contributed by atoms with E-state index >= 15 is 0 Å². The fourth-order valence-corrected chi connectivity index (χ4v) is 3.56. The standard InChI is InChI=1S/C24H33N3O2/c1-7-21(20-10-8-16(2)9-11-20)25-22(28)14-27(6)15-23(29)26-24-18(4)12-17(3)13-19(24)5/h8-13,21H,7,14-15H2,1-6H3,(H,25,28)(H,26,29)/t21-/m1/s1. The van der Waals surface area contributed by atoms with Gasteiger partial charge >= 0.3 is 0 Å². The van der Waals surface area contributed by atoms with Crippen molar-refractivity contribution in [2.75, 3.05) is 25.5 Å². The number of benzene rings is 2. The van der Waals surface area contributed by atoms with Crippen LogP contribution >= 0.6 is 0 Å². The van der Waals surface area contributed by atoms with Crippen molar-refractivity contribution in [2.45, 2.75) is 47.1 Å². The van der Waals surface area contributed by atoms with E-state index in [2.05, 4.69) is 34.9 Å². The number of hydrogen-bond acceptors (Lipinski definition) is 3. The summed E-state index contributed by atoms with van der Waals surface area (Å²) in [5.41, 5.74) is 6.40. The van der Waals surface area contributed by atoms with Gasteiger partial charge in [-0.2, -0.15) is 0 Å². The van der Waals surface area contributed by atoms with E-state index < -0.39 is 0 Å². The van der Waals surface area contributed by atoms with Gasteiger partial charge in [0.15, 0.2) is 0 Å². The molecule has 0 aliphatic heterocycles. The van der Waals surface area contributed by atoms with Crippen LogP contribution in [0.4, 0.5) is 5.69 Å². The Labute approximate surface area is 174 Å². The maximum Gasteiger partial charge on any atom is 0.238 e. The molecule has 29 heavy (non-hydrogen) atoms. The summed E-state index contributed by atoms with van der Waals surface area (Å²) >= 11 is 0. The first kappa shape index (κ1) is 22.6. The van der Waals surface area contributed by atoms with E-state index in [1.165, 1.54) is 11.1 Å². The highest BCUT2D eigenvalue weighted by atomic mass is 16.2. The number of anilines is 1. The number of amides is 2. The van der Waals surface area contributed by atoms with Gasteiger partial charge in [-0.15, -0.1) is 0 Å². The number of rotatable bonds is 8. The molecule has 0 bridgehead atoms. The molecule has 0 fully saturated rings. The summed E-state index contributed by atoms with van der Waals surface area (Å²) < 4.78 is 0. The zero-order chi connectivity index (χ0) is 21.6. The van der Waals surface area contributed by atoms with Crippen LogP contribution in [-0.4, -0.2) is 36.9 Å². The van der Waals surface area contributed by atoms with Crippen LogP contribution in [0.3, 0.4) is 0 Å². The normalized spacial score (nSPS) is 12.0. The second-order valence-corrected chi connectivity index (χ2v) is 7.93. The van der Waals surface area contributed by atoms with Crippen LogP contribution in [0, 0.1) is 27.7 Å². The molecule has 5 nitrogen and oxygen atoms in total. The molecular weight excluding hydrogens is 362 g/mol. The number of nitrogens with one attached hydrogen (secondary N) is 2. The van der Waals surface area contributed by atoms with Crippen LogP contribution in [0.5, 0.6) is 0 Å². The summed E-state index contributed by atoms with van der Waals surface area (Å²) in [6, 6.07) is 12.3. The van der Waals surface area contributed by atoms with E-state index in [4.69, 9.17) is 0 Å². The molecule has 0 saturated heterocycles. The molecule has 0 heterocycles. The van der Waals surface area contributed by atoms with Crippen LogP contribution in [-0.2, 0) is 9.59 Å². The van der Waals surface area contributed by atoms with Crippen molar-refractivity contribution in [1.29, 1.82) is 0 Å². The van der Waals surface area contributed by atoms with Crippen molar-refractivity contribution < 1.29 is 9.59 Å². The molecule has 5 heteroatoms. The second-order valence-electron chi connectivity index (χ2n) is 7.93. The first-order valence-electron chi connectivity index (χ1n) is 10.1. The molecule has 0 radical (unpaired) electrons. The summed E-state index contributed by atoms with van der Waals surface area (Å²) in [4.78, 5) is 26.6. The fourth-order valence-electron chi connectivity index (χ4n) is 3.56. The van der Waals surface area contributed by atoms with Crippen molar-refractivity contribution >= 4 is 17.5 Å². The first-order chi connectivity index (χ1) is 13.7. The zero-order valence-corrected chi connectivity index (χ0v) is 18.4. The molecule has 2 rings (SSSR count). The number of likely N-dealkylation sites (N-methyl/N-ethyl adjacent to an activating group) is 1. The maximum atomic E-state index is 12.5. The Kier molecular flexibility index (Phi) is 7.97. The Morgan fingerprint density at radius 3 is 2.00 bits per heavy atom. The molecule has 2 aromatic carbocycles. The lowest BCUT2D eigenvalue weighted by atomic mass is 10.0. The third-order valence-corrected chi connectivity index (χ3v) is 4.99. The molecule has 0 aliphatic carbocycles. The fraction of sp³-hybridized carbons (Fsp3) is 0.417.